The zero-order chi connectivity index (χ0) is 22.8. The van der Waals surface area contributed by atoms with Gasteiger partial charge in [0, 0.05) is 40.8 Å². The fourth-order valence-electron chi connectivity index (χ4n) is 3.39. The average molecular weight is 441 g/mol. The summed E-state index contributed by atoms with van der Waals surface area (Å²) in [4.78, 5) is 21.4. The number of anilines is 5. The Morgan fingerprint density at radius 3 is 2.27 bits per heavy atom. The van der Waals surface area contributed by atoms with Crippen LogP contribution in [-0.2, 0) is 0 Å². The van der Waals surface area contributed by atoms with Crippen LogP contribution in [0.2, 0.25) is 0 Å². The number of hydrogen-bond donors (Lipinski definition) is 3. The summed E-state index contributed by atoms with van der Waals surface area (Å²) in [6.45, 7) is 3.97. The number of aromatic nitrogens is 3. The molecule has 0 bridgehead atoms. The van der Waals surface area contributed by atoms with Crippen LogP contribution in [0.5, 0.6) is 0 Å². The lowest BCUT2D eigenvalue weighted by atomic mass is 10.2. The molecule has 0 aliphatic heterocycles. The van der Waals surface area contributed by atoms with Gasteiger partial charge in [-0.25, -0.2) is 4.98 Å². The predicted octanol–water partition coefficient (Wildman–Crippen LogP) is 5.70. The second kappa shape index (κ2) is 8.74. The molecule has 8 heteroatoms. The Balaban J connectivity index is 1.23. The van der Waals surface area contributed by atoms with Gasteiger partial charge in [0.05, 0.1) is 0 Å². The van der Waals surface area contributed by atoms with E-state index in [4.69, 9.17) is 4.52 Å². The van der Waals surface area contributed by atoms with Gasteiger partial charge in [-0.2, -0.15) is 4.98 Å². The Bertz CT molecular complexity index is 1280. The number of nitrogens with zero attached hydrogens (tertiary/aromatic N) is 3. The molecule has 3 N–H and O–H groups in total. The smallest absolute Gasteiger partial charge is 0.277 e. The van der Waals surface area contributed by atoms with Crippen LogP contribution in [-0.4, -0.2) is 21.0 Å². The number of carbonyl (C=O) groups excluding carboxylic acids is 1. The van der Waals surface area contributed by atoms with Crippen molar-refractivity contribution in [2.24, 2.45) is 0 Å². The Kier molecular flexibility index (Phi) is 5.48. The molecule has 1 saturated carbocycles. The van der Waals surface area contributed by atoms with Gasteiger partial charge < -0.3 is 20.5 Å². The van der Waals surface area contributed by atoms with Crippen LogP contribution in [0.15, 0.2) is 65.2 Å². The molecule has 0 spiro atoms. The molecule has 0 atom stereocenters. The molecule has 1 fully saturated rings. The van der Waals surface area contributed by atoms with Gasteiger partial charge in [0.1, 0.15) is 11.6 Å². The van der Waals surface area contributed by atoms with Crippen molar-refractivity contribution in [3.8, 4) is 0 Å². The van der Waals surface area contributed by atoms with Gasteiger partial charge >= 0.3 is 0 Å². The van der Waals surface area contributed by atoms with Crippen molar-refractivity contribution < 1.29 is 9.32 Å². The second-order valence-electron chi connectivity index (χ2n) is 8.25. The van der Waals surface area contributed by atoms with E-state index in [9.17, 15) is 4.79 Å². The first-order valence-electron chi connectivity index (χ1n) is 10.9. The molecule has 0 radical (unpaired) electrons. The minimum atomic E-state index is -0.291. The largest absolute Gasteiger partial charge is 0.360 e. The molecule has 166 valence electrons. The monoisotopic (exact) mass is 440 g/mol. The third-order valence-corrected chi connectivity index (χ3v) is 5.32. The third-order valence-electron chi connectivity index (χ3n) is 5.32. The molecular formula is C25H24N6O2. The minimum Gasteiger partial charge on any atom is -0.360 e. The molecule has 1 aliphatic rings. The van der Waals surface area contributed by atoms with Gasteiger partial charge in [-0.15, -0.1) is 0 Å². The summed E-state index contributed by atoms with van der Waals surface area (Å²) in [7, 11) is 0. The number of hydrogen-bond acceptors (Lipinski definition) is 7. The van der Waals surface area contributed by atoms with Crippen molar-refractivity contribution in [2.45, 2.75) is 32.6 Å². The van der Waals surface area contributed by atoms with E-state index in [0.29, 0.717) is 29.1 Å². The molecule has 33 heavy (non-hydrogen) atoms. The van der Waals surface area contributed by atoms with Crippen molar-refractivity contribution >= 4 is 34.7 Å². The van der Waals surface area contributed by atoms with Gasteiger partial charge in [-0.1, -0.05) is 22.9 Å². The predicted molar refractivity (Wildman–Crippen MR) is 127 cm³/mol. The molecule has 2 aromatic heterocycles. The van der Waals surface area contributed by atoms with Gasteiger partial charge in [0.15, 0.2) is 5.69 Å². The lowest BCUT2D eigenvalue weighted by Crippen LogP contribution is -2.12. The highest BCUT2D eigenvalue weighted by atomic mass is 16.5. The third kappa shape index (κ3) is 5.17. The van der Waals surface area contributed by atoms with Gasteiger partial charge in [0.2, 0.25) is 5.95 Å². The van der Waals surface area contributed by atoms with E-state index in [-0.39, 0.29) is 5.91 Å². The molecule has 0 unspecified atom stereocenters. The summed E-state index contributed by atoms with van der Waals surface area (Å²) in [5.74, 6) is 2.10. The van der Waals surface area contributed by atoms with Crippen LogP contribution >= 0.6 is 0 Å². The highest BCUT2D eigenvalue weighted by Crippen LogP contribution is 2.40. The highest BCUT2D eigenvalue weighted by molar-refractivity contribution is 6.02. The second-order valence-corrected chi connectivity index (χ2v) is 8.25. The Morgan fingerprint density at radius 1 is 0.879 bits per heavy atom. The molecule has 8 nitrogen and oxygen atoms in total. The van der Waals surface area contributed by atoms with Crippen molar-refractivity contribution in [2.75, 3.05) is 16.0 Å². The van der Waals surface area contributed by atoms with Crippen LogP contribution in [0.4, 0.5) is 28.8 Å². The first-order chi connectivity index (χ1) is 16.0. The quantitative estimate of drug-likeness (QED) is 0.339. The first-order valence-corrected chi connectivity index (χ1v) is 10.9. The van der Waals surface area contributed by atoms with Gasteiger partial charge in [0.25, 0.3) is 5.91 Å². The summed E-state index contributed by atoms with van der Waals surface area (Å²) in [5, 5.41) is 13.2. The summed E-state index contributed by atoms with van der Waals surface area (Å²) in [6.07, 6.45) is 2.19. The van der Waals surface area contributed by atoms with Crippen LogP contribution < -0.4 is 16.0 Å². The summed E-state index contributed by atoms with van der Waals surface area (Å²) >= 11 is 0. The Labute approximate surface area is 191 Å². The fourth-order valence-corrected chi connectivity index (χ4v) is 3.39. The topological polar surface area (TPSA) is 105 Å². The van der Waals surface area contributed by atoms with Crippen molar-refractivity contribution in [3.05, 3.63) is 83.4 Å². The van der Waals surface area contributed by atoms with E-state index in [1.165, 1.54) is 5.56 Å². The molecular weight excluding hydrogens is 416 g/mol. The molecule has 1 amide bonds. The number of carbonyl (C=O) groups is 1. The lowest BCUT2D eigenvalue weighted by molar-refractivity contribution is 0.101. The summed E-state index contributed by atoms with van der Waals surface area (Å²) in [5.41, 5.74) is 4.75. The van der Waals surface area contributed by atoms with E-state index in [1.54, 1.807) is 6.07 Å². The molecule has 2 aromatic carbocycles. The maximum absolute atomic E-state index is 12.4. The fraction of sp³-hybridized carbons (Fsp3) is 0.200. The molecule has 1 aliphatic carbocycles. The SMILES string of the molecule is Cc1ccc(Nc2cc(C)nc(Nc3ccc(NC(=O)c4cc(C5CC5)on4)cc3)n2)cc1. The maximum atomic E-state index is 12.4. The number of benzene rings is 2. The summed E-state index contributed by atoms with van der Waals surface area (Å²) in [6, 6.07) is 19.1. The van der Waals surface area contributed by atoms with E-state index in [1.807, 2.05) is 61.5 Å². The van der Waals surface area contributed by atoms with Crippen molar-refractivity contribution in [1.82, 2.24) is 15.1 Å². The van der Waals surface area contributed by atoms with Crippen LogP contribution in [0, 0.1) is 13.8 Å². The number of amides is 1. The van der Waals surface area contributed by atoms with Gasteiger partial charge in [-0.3, -0.25) is 4.79 Å². The number of rotatable bonds is 7. The van der Waals surface area contributed by atoms with Crippen LogP contribution in [0.3, 0.4) is 0 Å². The normalized spacial score (nSPS) is 12.9. The molecule has 5 rings (SSSR count). The van der Waals surface area contributed by atoms with E-state index in [2.05, 4.69) is 38.0 Å². The Morgan fingerprint density at radius 2 is 1.55 bits per heavy atom. The molecule has 2 heterocycles. The minimum absolute atomic E-state index is 0.291. The number of aryl methyl sites for hydroxylation is 2. The van der Waals surface area contributed by atoms with E-state index >= 15 is 0 Å². The molecule has 0 saturated heterocycles. The van der Waals surface area contributed by atoms with Crippen molar-refractivity contribution in [1.29, 1.82) is 0 Å². The van der Waals surface area contributed by atoms with Gasteiger partial charge in [-0.05, 0) is 63.1 Å². The zero-order valence-electron chi connectivity index (χ0n) is 18.4. The highest BCUT2D eigenvalue weighted by Gasteiger charge is 2.28. The van der Waals surface area contributed by atoms with Crippen molar-refractivity contribution in [3.63, 3.8) is 0 Å². The molecule has 4 aromatic rings. The van der Waals surface area contributed by atoms with E-state index < -0.39 is 0 Å². The van der Waals surface area contributed by atoms with Crippen LogP contribution in [0.25, 0.3) is 0 Å². The first kappa shape index (κ1) is 20.7. The maximum Gasteiger partial charge on any atom is 0.277 e. The lowest BCUT2D eigenvalue weighted by Gasteiger charge is -2.11. The number of nitrogens with one attached hydrogen (secondary N) is 3. The van der Waals surface area contributed by atoms with E-state index in [0.717, 1.165) is 35.7 Å². The average Bonchev–Trinajstić information content (AvgIpc) is 3.52. The Hall–Kier alpha value is -4.20. The summed E-state index contributed by atoms with van der Waals surface area (Å²) < 4.78 is 5.25. The van der Waals surface area contributed by atoms with Crippen LogP contribution in [0.1, 0.15) is 46.3 Å². The zero-order valence-corrected chi connectivity index (χ0v) is 18.4. The standard InChI is InChI=1S/C25H24N6O2/c1-15-3-7-18(8-4-15)27-23-13-16(2)26-25(30-23)29-20-11-9-19(10-12-20)28-24(32)21-14-22(33-31-21)17-5-6-17/h3-4,7-14,17H,5-6H2,1-2H3,(H,28,32)(H2,26,27,29,30).